The number of aliphatic hydroxyl groups is 1. The number of nitrogens with one attached hydrogen (secondary N) is 4. The van der Waals surface area contributed by atoms with Gasteiger partial charge in [0.05, 0.1) is 35.3 Å². The highest BCUT2D eigenvalue weighted by Crippen LogP contribution is 2.31. The van der Waals surface area contributed by atoms with Crippen molar-refractivity contribution in [3.05, 3.63) is 76.6 Å². The number of aliphatic hydroxyl groups excluding tert-OH is 1. The van der Waals surface area contributed by atoms with Crippen molar-refractivity contribution in [2.24, 2.45) is 0 Å². The third-order valence-corrected chi connectivity index (χ3v) is 9.77. The second-order valence-electron chi connectivity index (χ2n) is 13.1. The molecular weight excluding hydrogens is 671 g/mol. The molecule has 6 N–H and O–H groups in total. The summed E-state index contributed by atoms with van der Waals surface area (Å²) in [5, 5.41) is 36.1. The van der Waals surface area contributed by atoms with Gasteiger partial charge in [-0.05, 0) is 87.4 Å². The number of pyridine rings is 1. The molecule has 13 nitrogen and oxygen atoms in total. The molecule has 0 bridgehead atoms. The number of phenols is 1. The van der Waals surface area contributed by atoms with E-state index in [1.165, 1.54) is 17.7 Å². The molecule has 1 aliphatic heterocycles. The summed E-state index contributed by atoms with van der Waals surface area (Å²) < 4.78 is 32.8. The molecule has 14 heteroatoms. The van der Waals surface area contributed by atoms with Gasteiger partial charge in [0.25, 0.3) is 5.91 Å². The Morgan fingerprint density at radius 2 is 1.84 bits per heavy atom. The van der Waals surface area contributed by atoms with E-state index in [2.05, 4.69) is 39.6 Å². The third kappa shape index (κ3) is 10.4. The summed E-state index contributed by atoms with van der Waals surface area (Å²) >= 11 is 0. The predicted molar refractivity (Wildman–Crippen MR) is 200 cm³/mol. The minimum atomic E-state index is -3.56. The number of anilines is 2. The van der Waals surface area contributed by atoms with Gasteiger partial charge in [-0.1, -0.05) is 31.5 Å². The van der Waals surface area contributed by atoms with E-state index in [0.29, 0.717) is 24.2 Å². The molecule has 276 valence electrons. The quantitative estimate of drug-likeness (QED) is 0.0626. The standard InChI is InChI=1S/C37H51N7O6S/c1-4-31-29(35(41-28-16-19-50-20-17-28)30-23-40-44(5-2)36(30)42-31)22-39-37(47)26-12-10-25(11-13-26)9-7-6-8-18-38-24-34(46)27-14-15-33(45)32(21-27)43-51(3,48)49/h10-15,21,23,28,34,38,43,45-46H,4-9,16-20,22,24H2,1-3H3,(H,39,47)(H,41,42). The first kappa shape index (κ1) is 38.0. The average Bonchev–Trinajstić information content (AvgIpc) is 3.54. The minimum Gasteiger partial charge on any atom is -0.506 e. The van der Waals surface area contributed by atoms with Crippen molar-refractivity contribution < 1.29 is 28.2 Å². The number of aromatic nitrogens is 3. The van der Waals surface area contributed by atoms with Crippen LogP contribution in [0.1, 0.15) is 84.8 Å². The van der Waals surface area contributed by atoms with Gasteiger partial charge < -0.3 is 30.9 Å². The number of ether oxygens (including phenoxy) is 1. The monoisotopic (exact) mass is 721 g/mol. The van der Waals surface area contributed by atoms with Crippen LogP contribution in [0.15, 0.2) is 48.7 Å². The van der Waals surface area contributed by atoms with Crippen LogP contribution >= 0.6 is 0 Å². The Hall–Kier alpha value is -4.24. The van der Waals surface area contributed by atoms with E-state index in [4.69, 9.17) is 9.72 Å². The molecule has 0 saturated carbocycles. The second-order valence-corrected chi connectivity index (χ2v) is 14.8. The van der Waals surface area contributed by atoms with Crippen LogP contribution in [0.4, 0.5) is 11.4 Å². The number of hydrogen-bond acceptors (Lipinski definition) is 10. The van der Waals surface area contributed by atoms with Crippen molar-refractivity contribution in [1.82, 2.24) is 25.4 Å². The fourth-order valence-corrected chi connectivity index (χ4v) is 6.91. The molecule has 3 heterocycles. The lowest BCUT2D eigenvalue weighted by Gasteiger charge is -2.26. The maximum Gasteiger partial charge on any atom is 0.251 e. The molecule has 5 rings (SSSR count). The van der Waals surface area contributed by atoms with Gasteiger partial charge in [-0.3, -0.25) is 9.52 Å². The van der Waals surface area contributed by atoms with E-state index in [9.17, 15) is 23.4 Å². The Balaban J connectivity index is 1.08. The average molecular weight is 722 g/mol. The first-order valence-corrected chi connectivity index (χ1v) is 19.7. The van der Waals surface area contributed by atoms with Crippen LogP contribution < -0.4 is 20.7 Å². The van der Waals surface area contributed by atoms with Crippen LogP contribution in [0, 0.1) is 0 Å². The molecule has 2 aromatic carbocycles. The van der Waals surface area contributed by atoms with Crippen molar-refractivity contribution in [2.45, 2.75) is 84.0 Å². The topological polar surface area (TPSA) is 180 Å². The number of phenolic OH excluding ortho intramolecular Hbond substituents is 1. The van der Waals surface area contributed by atoms with Gasteiger partial charge in [0.15, 0.2) is 5.65 Å². The number of carbonyl (C=O) groups excluding carboxylic acids is 1. The summed E-state index contributed by atoms with van der Waals surface area (Å²) in [5.41, 5.74) is 6.12. The van der Waals surface area contributed by atoms with E-state index in [1.807, 2.05) is 35.1 Å². The number of aryl methyl sites for hydroxylation is 3. The number of carbonyl (C=O) groups is 1. The van der Waals surface area contributed by atoms with Crippen LogP contribution in [0.2, 0.25) is 0 Å². The van der Waals surface area contributed by atoms with Gasteiger partial charge in [0.1, 0.15) is 5.75 Å². The first-order valence-electron chi connectivity index (χ1n) is 17.8. The van der Waals surface area contributed by atoms with Crippen LogP contribution in [-0.2, 0) is 40.7 Å². The Kier molecular flexibility index (Phi) is 13.3. The lowest BCUT2D eigenvalue weighted by molar-refractivity contribution is 0.0904. The van der Waals surface area contributed by atoms with Crippen LogP contribution in [0.5, 0.6) is 5.75 Å². The number of hydrogen-bond donors (Lipinski definition) is 6. The van der Waals surface area contributed by atoms with Crippen molar-refractivity contribution >= 4 is 38.3 Å². The summed E-state index contributed by atoms with van der Waals surface area (Å²) in [6, 6.07) is 12.4. The number of fused-ring (bicyclic) bond motifs is 1. The summed E-state index contributed by atoms with van der Waals surface area (Å²) in [7, 11) is -3.56. The summed E-state index contributed by atoms with van der Waals surface area (Å²) in [6.07, 6.45) is 8.40. The van der Waals surface area contributed by atoms with E-state index in [1.54, 1.807) is 6.07 Å². The van der Waals surface area contributed by atoms with Crippen LogP contribution in [0.3, 0.4) is 0 Å². The lowest BCUT2D eigenvalue weighted by Crippen LogP contribution is -2.30. The van der Waals surface area contributed by atoms with Crippen LogP contribution in [0.25, 0.3) is 11.0 Å². The Morgan fingerprint density at radius 3 is 2.55 bits per heavy atom. The minimum absolute atomic E-state index is 0.0351. The van der Waals surface area contributed by atoms with Gasteiger partial charge in [-0.2, -0.15) is 5.10 Å². The molecule has 1 fully saturated rings. The van der Waals surface area contributed by atoms with Crippen molar-refractivity contribution in [2.75, 3.05) is 42.6 Å². The lowest BCUT2D eigenvalue weighted by atomic mass is 10.0. The number of nitrogens with zero attached hydrogens (tertiary/aromatic N) is 3. The Bertz CT molecular complexity index is 1870. The molecule has 1 atom stereocenters. The predicted octanol–water partition coefficient (Wildman–Crippen LogP) is 4.65. The second kappa shape index (κ2) is 17.8. The molecule has 1 aliphatic rings. The number of benzene rings is 2. The van der Waals surface area contributed by atoms with Crippen molar-refractivity contribution in [1.29, 1.82) is 0 Å². The van der Waals surface area contributed by atoms with Crippen molar-refractivity contribution in [3.63, 3.8) is 0 Å². The molecule has 51 heavy (non-hydrogen) atoms. The molecule has 4 aromatic rings. The fourth-order valence-electron chi connectivity index (χ4n) is 6.35. The fraction of sp³-hybridized carbons (Fsp3) is 0.486. The zero-order valence-electron chi connectivity index (χ0n) is 29.7. The normalized spacial score (nSPS) is 14.4. The summed E-state index contributed by atoms with van der Waals surface area (Å²) in [5.74, 6) is -0.336. The summed E-state index contributed by atoms with van der Waals surface area (Å²) in [6.45, 7) is 7.71. The largest absolute Gasteiger partial charge is 0.506 e. The van der Waals surface area contributed by atoms with Gasteiger partial charge in [-0.25, -0.2) is 18.1 Å². The molecular formula is C37H51N7O6S. The van der Waals surface area contributed by atoms with E-state index >= 15 is 0 Å². The first-order chi connectivity index (χ1) is 24.6. The molecule has 1 amide bonds. The highest BCUT2D eigenvalue weighted by Gasteiger charge is 2.22. The number of sulfonamides is 1. The number of amides is 1. The third-order valence-electron chi connectivity index (χ3n) is 9.18. The van der Waals surface area contributed by atoms with Gasteiger partial charge in [0, 0.05) is 55.7 Å². The van der Waals surface area contributed by atoms with E-state index in [0.717, 1.165) is 105 Å². The molecule has 0 aliphatic carbocycles. The maximum atomic E-state index is 13.3. The maximum absolute atomic E-state index is 13.3. The SMILES string of the molecule is CCc1nc2c(cnn2CC)c(NC2CCOCC2)c1CNC(=O)c1ccc(CCCCCNCC(O)c2ccc(O)c(NS(C)(=O)=O)c2)cc1. The van der Waals surface area contributed by atoms with Crippen LogP contribution in [-0.4, -0.2) is 77.9 Å². The zero-order valence-corrected chi connectivity index (χ0v) is 30.6. The van der Waals surface area contributed by atoms with Crippen molar-refractivity contribution in [3.8, 4) is 5.75 Å². The number of unbranched alkanes of at least 4 members (excludes halogenated alkanes) is 2. The molecule has 1 unspecified atom stereocenters. The van der Waals surface area contributed by atoms with Gasteiger partial charge in [0.2, 0.25) is 10.0 Å². The number of aromatic hydroxyl groups is 1. The van der Waals surface area contributed by atoms with E-state index < -0.39 is 16.1 Å². The molecule has 1 saturated heterocycles. The van der Waals surface area contributed by atoms with E-state index in [-0.39, 0.29) is 23.4 Å². The number of rotatable bonds is 18. The van der Waals surface area contributed by atoms with Gasteiger partial charge >= 0.3 is 0 Å². The highest BCUT2D eigenvalue weighted by atomic mass is 32.2. The highest BCUT2D eigenvalue weighted by molar-refractivity contribution is 7.92. The smallest absolute Gasteiger partial charge is 0.251 e. The molecule has 2 aromatic heterocycles. The Morgan fingerprint density at radius 1 is 1.08 bits per heavy atom. The summed E-state index contributed by atoms with van der Waals surface area (Å²) in [4.78, 5) is 18.3. The Labute approximate surface area is 300 Å². The van der Waals surface area contributed by atoms with Gasteiger partial charge in [-0.15, -0.1) is 0 Å². The molecule has 0 spiro atoms. The molecule has 0 radical (unpaired) electrons. The zero-order chi connectivity index (χ0) is 36.4.